The lowest BCUT2D eigenvalue weighted by molar-refractivity contribution is -0.0603. The first-order valence-electron chi connectivity index (χ1n) is 7.27. The summed E-state index contributed by atoms with van der Waals surface area (Å²) in [6, 6.07) is 3.14. The number of pyridine rings is 1. The number of halogens is 1. The van der Waals surface area contributed by atoms with Gasteiger partial charge in [-0.05, 0) is 30.2 Å². The van der Waals surface area contributed by atoms with Crippen LogP contribution >= 0.6 is 0 Å². The molecule has 5 nitrogen and oxygen atoms in total. The summed E-state index contributed by atoms with van der Waals surface area (Å²) in [7, 11) is 1.68. The Morgan fingerprint density at radius 2 is 2.22 bits per heavy atom. The van der Waals surface area contributed by atoms with E-state index in [9.17, 15) is 9.50 Å². The number of benzene rings is 1. The van der Waals surface area contributed by atoms with Crippen molar-refractivity contribution in [2.45, 2.75) is 19.1 Å². The predicted octanol–water partition coefficient (Wildman–Crippen LogP) is 2.66. The fourth-order valence-electron chi connectivity index (χ4n) is 2.91. The van der Waals surface area contributed by atoms with Crippen LogP contribution in [-0.4, -0.2) is 30.0 Å². The van der Waals surface area contributed by atoms with Crippen molar-refractivity contribution in [2.75, 3.05) is 19.0 Å². The molecular weight excluding hydrogens is 297 g/mol. The fourth-order valence-corrected chi connectivity index (χ4v) is 2.91. The minimum Gasteiger partial charge on any atom is -0.387 e. The molecule has 1 aromatic carbocycles. The Balaban J connectivity index is 2.21. The maximum atomic E-state index is 14.3. The van der Waals surface area contributed by atoms with Gasteiger partial charge in [0, 0.05) is 42.5 Å². The van der Waals surface area contributed by atoms with Gasteiger partial charge in [0.15, 0.2) is 0 Å². The van der Waals surface area contributed by atoms with Gasteiger partial charge in [-0.2, -0.15) is 0 Å². The summed E-state index contributed by atoms with van der Waals surface area (Å²) in [5.41, 5.74) is 2.46. The van der Waals surface area contributed by atoms with Crippen LogP contribution in [0.2, 0.25) is 0 Å². The molecule has 23 heavy (non-hydrogen) atoms. The number of ether oxygens (including phenoxy) is 1. The highest BCUT2D eigenvalue weighted by Crippen LogP contribution is 2.37. The highest BCUT2D eigenvalue weighted by molar-refractivity contribution is 5.88. The van der Waals surface area contributed by atoms with Crippen LogP contribution in [0.25, 0.3) is 11.1 Å². The van der Waals surface area contributed by atoms with Crippen molar-refractivity contribution in [1.29, 1.82) is 5.41 Å². The van der Waals surface area contributed by atoms with Crippen molar-refractivity contribution in [3.05, 3.63) is 47.0 Å². The van der Waals surface area contributed by atoms with Crippen LogP contribution < -0.4 is 5.32 Å². The summed E-state index contributed by atoms with van der Waals surface area (Å²) >= 11 is 0. The normalized spacial score (nSPS) is 20.0. The Kier molecular flexibility index (Phi) is 3.87. The molecule has 0 aliphatic carbocycles. The molecule has 1 atom stereocenters. The van der Waals surface area contributed by atoms with Crippen LogP contribution in [-0.2, 0) is 16.9 Å². The topological polar surface area (TPSA) is 78.2 Å². The third kappa shape index (κ3) is 2.60. The van der Waals surface area contributed by atoms with Crippen LogP contribution in [0.3, 0.4) is 0 Å². The number of fused-ring (bicyclic) bond motifs is 1. The molecule has 0 bridgehead atoms. The van der Waals surface area contributed by atoms with E-state index in [2.05, 4.69) is 10.3 Å². The number of aliphatic hydroxyl groups is 1. The Morgan fingerprint density at radius 1 is 1.43 bits per heavy atom. The molecule has 2 heterocycles. The molecule has 6 heteroatoms. The second-order valence-corrected chi connectivity index (χ2v) is 5.79. The van der Waals surface area contributed by atoms with Gasteiger partial charge in [0.25, 0.3) is 0 Å². The third-order valence-electron chi connectivity index (χ3n) is 4.12. The summed E-state index contributed by atoms with van der Waals surface area (Å²) < 4.78 is 19.8. The average Bonchev–Trinajstić information content (AvgIpc) is 2.53. The molecule has 1 unspecified atom stereocenters. The molecular formula is C17H18FN3O2. The lowest BCUT2D eigenvalue weighted by atomic mass is 9.87. The fraction of sp³-hybridized carbons (Fsp3) is 0.294. The van der Waals surface area contributed by atoms with E-state index in [1.807, 2.05) is 0 Å². The molecule has 0 fully saturated rings. The van der Waals surface area contributed by atoms with E-state index in [1.54, 1.807) is 32.4 Å². The van der Waals surface area contributed by atoms with Crippen LogP contribution in [0.15, 0.2) is 24.5 Å². The number of nitrogens with zero attached hydrogens (tertiary/aromatic N) is 1. The summed E-state index contributed by atoms with van der Waals surface area (Å²) in [5.74, 6) is -0.483. The highest BCUT2D eigenvalue weighted by Gasteiger charge is 2.32. The van der Waals surface area contributed by atoms with Gasteiger partial charge in [-0.15, -0.1) is 0 Å². The van der Waals surface area contributed by atoms with Gasteiger partial charge < -0.3 is 20.6 Å². The van der Waals surface area contributed by atoms with E-state index in [-0.39, 0.29) is 12.2 Å². The maximum absolute atomic E-state index is 14.3. The van der Waals surface area contributed by atoms with Gasteiger partial charge in [-0.3, -0.25) is 4.98 Å². The molecule has 1 aliphatic heterocycles. The van der Waals surface area contributed by atoms with Crippen molar-refractivity contribution in [3.8, 4) is 11.1 Å². The lowest BCUT2D eigenvalue weighted by Gasteiger charge is -2.31. The average molecular weight is 315 g/mol. The first-order chi connectivity index (χ1) is 11.0. The van der Waals surface area contributed by atoms with Crippen LogP contribution in [0.4, 0.5) is 10.1 Å². The first kappa shape index (κ1) is 15.6. The monoisotopic (exact) mass is 315 g/mol. The second-order valence-electron chi connectivity index (χ2n) is 5.79. The van der Waals surface area contributed by atoms with Crippen LogP contribution in [0.5, 0.6) is 0 Å². The summed E-state index contributed by atoms with van der Waals surface area (Å²) in [6.07, 6.45) is 4.25. The minimum absolute atomic E-state index is 0.202. The standard InChI is InChI=1S/C17H18FN3O2/c1-17(22)9-23-8-13-12(6-21-7-14(13)17)10-3-15(18)11(5-19)16(4-10)20-2/h3-7,19-20,22H,8-9H2,1-2H3. The molecule has 2 aromatic rings. The van der Waals surface area contributed by atoms with Gasteiger partial charge in [0.05, 0.1) is 18.8 Å². The molecule has 3 rings (SSSR count). The van der Waals surface area contributed by atoms with Crippen LogP contribution in [0, 0.1) is 11.2 Å². The molecule has 0 saturated heterocycles. The van der Waals surface area contributed by atoms with E-state index in [1.165, 1.54) is 6.07 Å². The summed E-state index contributed by atoms with van der Waals surface area (Å²) in [6.45, 7) is 2.22. The van der Waals surface area contributed by atoms with Gasteiger partial charge in [0.2, 0.25) is 0 Å². The van der Waals surface area contributed by atoms with E-state index in [0.29, 0.717) is 23.4 Å². The summed E-state index contributed by atoms with van der Waals surface area (Å²) in [5, 5.41) is 20.7. The van der Waals surface area contributed by atoms with Crippen molar-refractivity contribution in [3.63, 3.8) is 0 Å². The first-order valence-corrected chi connectivity index (χ1v) is 7.27. The number of rotatable bonds is 3. The molecule has 0 radical (unpaired) electrons. The van der Waals surface area contributed by atoms with E-state index < -0.39 is 11.4 Å². The summed E-state index contributed by atoms with van der Waals surface area (Å²) in [4.78, 5) is 4.19. The second kappa shape index (κ2) is 5.72. The van der Waals surface area contributed by atoms with Crippen molar-refractivity contribution >= 4 is 11.9 Å². The van der Waals surface area contributed by atoms with Crippen LogP contribution in [0.1, 0.15) is 23.6 Å². The Bertz CT molecular complexity index is 775. The molecule has 3 N–H and O–H groups in total. The van der Waals surface area contributed by atoms with Gasteiger partial charge in [0.1, 0.15) is 11.4 Å². The van der Waals surface area contributed by atoms with Gasteiger partial charge >= 0.3 is 0 Å². The Morgan fingerprint density at radius 3 is 2.91 bits per heavy atom. The largest absolute Gasteiger partial charge is 0.387 e. The number of nitrogens with one attached hydrogen (secondary N) is 2. The molecule has 0 amide bonds. The lowest BCUT2D eigenvalue weighted by Crippen LogP contribution is -2.33. The zero-order valence-corrected chi connectivity index (χ0v) is 13.0. The number of hydrogen-bond donors (Lipinski definition) is 3. The van der Waals surface area contributed by atoms with Gasteiger partial charge in [-0.1, -0.05) is 0 Å². The molecule has 1 aromatic heterocycles. The smallest absolute Gasteiger partial charge is 0.134 e. The van der Waals surface area contributed by atoms with Crippen molar-refractivity contribution in [1.82, 2.24) is 4.98 Å². The quantitative estimate of drug-likeness (QED) is 0.761. The molecule has 1 aliphatic rings. The third-order valence-corrected chi connectivity index (χ3v) is 4.12. The van der Waals surface area contributed by atoms with Gasteiger partial charge in [-0.25, -0.2) is 4.39 Å². The zero-order valence-electron chi connectivity index (χ0n) is 13.0. The Hall–Kier alpha value is -2.31. The van der Waals surface area contributed by atoms with E-state index >= 15 is 0 Å². The highest BCUT2D eigenvalue weighted by atomic mass is 19.1. The van der Waals surface area contributed by atoms with Crippen molar-refractivity contribution < 1.29 is 14.2 Å². The number of aromatic nitrogens is 1. The SMILES string of the molecule is CNc1cc(-c2cncc3c2COCC3(C)O)cc(F)c1C=N. The minimum atomic E-state index is -1.12. The van der Waals surface area contributed by atoms with E-state index in [4.69, 9.17) is 10.1 Å². The Labute approximate surface area is 133 Å². The number of anilines is 1. The number of hydrogen-bond acceptors (Lipinski definition) is 5. The molecule has 0 saturated carbocycles. The maximum Gasteiger partial charge on any atom is 0.134 e. The van der Waals surface area contributed by atoms with E-state index in [0.717, 1.165) is 17.3 Å². The molecule has 0 spiro atoms. The predicted molar refractivity (Wildman–Crippen MR) is 86.3 cm³/mol. The molecule has 120 valence electrons. The zero-order chi connectivity index (χ0) is 16.6. The van der Waals surface area contributed by atoms with Crippen molar-refractivity contribution in [2.24, 2.45) is 0 Å².